The molecular weight excluding hydrogens is 457 g/mol. The number of carbonyl (C=O) groups is 1. The number of benzene rings is 2. The van der Waals surface area contributed by atoms with Crippen molar-refractivity contribution in [2.45, 2.75) is 19.5 Å². The number of hydrogen-bond donors (Lipinski definition) is 2. The molecule has 0 radical (unpaired) electrons. The molecule has 8 heteroatoms. The van der Waals surface area contributed by atoms with Crippen molar-refractivity contribution in [2.75, 3.05) is 11.9 Å². The summed E-state index contributed by atoms with van der Waals surface area (Å²) in [7, 11) is 0. The second-order valence-electron chi connectivity index (χ2n) is 7.92. The van der Waals surface area contributed by atoms with Gasteiger partial charge in [0, 0.05) is 36.8 Å². The maximum Gasteiger partial charge on any atom is 0.317 e. The minimum atomic E-state index is -0.114. The summed E-state index contributed by atoms with van der Waals surface area (Å²) in [6.45, 7) is 1.52. The Morgan fingerprint density at radius 1 is 1.03 bits per heavy atom. The molecule has 2 aromatic carbocycles. The summed E-state index contributed by atoms with van der Waals surface area (Å²) in [6.07, 6.45) is 4.30. The normalized spacial score (nSPS) is 13.0. The molecule has 0 unspecified atom stereocenters. The molecule has 0 aliphatic carbocycles. The van der Waals surface area contributed by atoms with Crippen LogP contribution in [0.1, 0.15) is 16.7 Å². The third-order valence-electron chi connectivity index (χ3n) is 5.71. The number of hydrogen-bond acceptors (Lipinski definition) is 4. The fraction of sp³-hybridized carbons (Fsp3) is 0.160. The molecule has 3 heterocycles. The fourth-order valence-corrected chi connectivity index (χ4v) is 4.31. The van der Waals surface area contributed by atoms with Gasteiger partial charge in [0.15, 0.2) is 0 Å². The molecular formula is C25H21Cl2N5O. The molecule has 2 amide bonds. The molecule has 0 spiro atoms. The summed E-state index contributed by atoms with van der Waals surface area (Å²) in [5.41, 5.74) is 4.94. The highest BCUT2D eigenvalue weighted by Gasteiger charge is 2.23. The summed E-state index contributed by atoms with van der Waals surface area (Å²) in [6, 6.07) is 17.3. The molecule has 1 aliphatic heterocycles. The number of amides is 2. The summed E-state index contributed by atoms with van der Waals surface area (Å²) >= 11 is 12.0. The van der Waals surface area contributed by atoms with Gasteiger partial charge in [-0.05, 0) is 47.9 Å². The molecule has 1 aliphatic rings. The standard InChI is InChI=1S/C25H21Cl2N5O/c26-21-6-5-16(11-22(21)27)13-30-25(33)32-10-8-20-18(15-32)7-9-28-24(20)31-19-12-17-3-1-2-4-23(17)29-14-19/h1-7,9,11-12,14H,8,10,13,15H2,(H,28,31)(H,30,33). The van der Waals surface area contributed by atoms with Crippen LogP contribution >= 0.6 is 23.2 Å². The topological polar surface area (TPSA) is 70.2 Å². The van der Waals surface area contributed by atoms with Gasteiger partial charge >= 0.3 is 6.03 Å². The van der Waals surface area contributed by atoms with E-state index in [2.05, 4.69) is 26.7 Å². The van der Waals surface area contributed by atoms with Gasteiger partial charge in [-0.3, -0.25) is 4.98 Å². The molecule has 5 rings (SSSR count). The third-order valence-corrected chi connectivity index (χ3v) is 6.45. The molecule has 2 aromatic heterocycles. The zero-order valence-corrected chi connectivity index (χ0v) is 19.2. The van der Waals surface area contributed by atoms with Crippen LogP contribution in [0.5, 0.6) is 0 Å². The Morgan fingerprint density at radius 3 is 2.79 bits per heavy atom. The predicted octanol–water partition coefficient (Wildman–Crippen LogP) is 5.95. The van der Waals surface area contributed by atoms with Gasteiger partial charge < -0.3 is 15.5 Å². The first-order chi connectivity index (χ1) is 16.1. The maximum atomic E-state index is 12.7. The number of nitrogens with zero attached hydrogens (tertiary/aromatic N) is 3. The van der Waals surface area contributed by atoms with Crippen molar-refractivity contribution in [3.8, 4) is 0 Å². The van der Waals surface area contributed by atoms with Crippen molar-refractivity contribution in [3.05, 3.63) is 93.7 Å². The Balaban J connectivity index is 1.27. The van der Waals surface area contributed by atoms with Crippen LogP contribution in [-0.2, 0) is 19.5 Å². The average molecular weight is 478 g/mol. The van der Waals surface area contributed by atoms with Crippen molar-refractivity contribution < 1.29 is 4.79 Å². The lowest BCUT2D eigenvalue weighted by Gasteiger charge is -2.30. The molecule has 4 aromatic rings. The van der Waals surface area contributed by atoms with Gasteiger partial charge in [-0.25, -0.2) is 9.78 Å². The van der Waals surface area contributed by atoms with E-state index in [0.29, 0.717) is 36.1 Å². The van der Waals surface area contributed by atoms with Crippen molar-refractivity contribution in [1.82, 2.24) is 20.2 Å². The molecule has 6 nitrogen and oxygen atoms in total. The Bertz CT molecular complexity index is 1340. The van der Waals surface area contributed by atoms with E-state index in [-0.39, 0.29) is 6.03 Å². The Morgan fingerprint density at radius 2 is 1.91 bits per heavy atom. The molecule has 0 fully saturated rings. The fourth-order valence-electron chi connectivity index (χ4n) is 3.99. The van der Waals surface area contributed by atoms with Crippen LogP contribution in [0.3, 0.4) is 0 Å². The minimum Gasteiger partial charge on any atom is -0.339 e. The first-order valence-corrected chi connectivity index (χ1v) is 11.4. The number of urea groups is 1. The van der Waals surface area contributed by atoms with Gasteiger partial charge in [0.25, 0.3) is 0 Å². The summed E-state index contributed by atoms with van der Waals surface area (Å²) in [4.78, 5) is 23.6. The first-order valence-electron chi connectivity index (χ1n) is 10.6. The Labute approximate surface area is 201 Å². The number of halogens is 2. The summed E-state index contributed by atoms with van der Waals surface area (Å²) in [5, 5.41) is 8.41. The molecule has 2 N–H and O–H groups in total. The average Bonchev–Trinajstić information content (AvgIpc) is 2.84. The third kappa shape index (κ3) is 4.72. The Hall–Kier alpha value is -3.35. The van der Waals surface area contributed by atoms with Crippen molar-refractivity contribution in [3.63, 3.8) is 0 Å². The number of pyridine rings is 2. The van der Waals surface area contributed by atoms with E-state index >= 15 is 0 Å². The number of anilines is 2. The quantitative estimate of drug-likeness (QED) is 0.381. The highest BCUT2D eigenvalue weighted by Crippen LogP contribution is 2.28. The van der Waals surface area contributed by atoms with Crippen LogP contribution in [-0.4, -0.2) is 27.4 Å². The smallest absolute Gasteiger partial charge is 0.317 e. The number of para-hydroxylation sites is 1. The number of carbonyl (C=O) groups excluding carboxylic acids is 1. The number of nitrogens with one attached hydrogen (secondary N) is 2. The van der Waals surface area contributed by atoms with Crippen LogP contribution in [0.15, 0.2) is 67.0 Å². The second kappa shape index (κ2) is 9.25. The molecule has 166 valence electrons. The van der Waals surface area contributed by atoms with Crippen LogP contribution in [0.4, 0.5) is 16.3 Å². The van der Waals surface area contributed by atoms with Crippen molar-refractivity contribution in [1.29, 1.82) is 0 Å². The Kier molecular flexibility index (Phi) is 6.03. The molecule has 0 saturated carbocycles. The zero-order valence-electron chi connectivity index (χ0n) is 17.7. The van der Waals surface area contributed by atoms with E-state index in [1.54, 1.807) is 23.2 Å². The van der Waals surface area contributed by atoms with E-state index in [9.17, 15) is 4.79 Å². The molecule has 0 saturated heterocycles. The second-order valence-corrected chi connectivity index (χ2v) is 8.73. The van der Waals surface area contributed by atoms with Gasteiger partial charge in [-0.2, -0.15) is 0 Å². The summed E-state index contributed by atoms with van der Waals surface area (Å²) < 4.78 is 0. The lowest BCUT2D eigenvalue weighted by atomic mass is 10.0. The number of aromatic nitrogens is 2. The molecule has 0 bridgehead atoms. The SMILES string of the molecule is O=C(NCc1ccc(Cl)c(Cl)c1)N1CCc2c(ccnc2Nc2cnc3ccccc3c2)C1. The lowest BCUT2D eigenvalue weighted by Crippen LogP contribution is -2.42. The van der Waals surface area contributed by atoms with Gasteiger partial charge in [0.1, 0.15) is 5.82 Å². The molecule has 33 heavy (non-hydrogen) atoms. The van der Waals surface area contributed by atoms with Crippen LogP contribution < -0.4 is 10.6 Å². The maximum absolute atomic E-state index is 12.7. The highest BCUT2D eigenvalue weighted by molar-refractivity contribution is 6.42. The van der Waals surface area contributed by atoms with E-state index < -0.39 is 0 Å². The first kappa shape index (κ1) is 21.5. The molecule has 0 atom stereocenters. The number of rotatable bonds is 4. The van der Waals surface area contributed by atoms with Crippen molar-refractivity contribution in [2.24, 2.45) is 0 Å². The number of fused-ring (bicyclic) bond motifs is 2. The van der Waals surface area contributed by atoms with Crippen LogP contribution in [0.2, 0.25) is 10.0 Å². The van der Waals surface area contributed by atoms with E-state index in [1.165, 1.54) is 0 Å². The van der Waals surface area contributed by atoms with Crippen LogP contribution in [0.25, 0.3) is 10.9 Å². The largest absolute Gasteiger partial charge is 0.339 e. The predicted molar refractivity (Wildman–Crippen MR) is 132 cm³/mol. The van der Waals surface area contributed by atoms with Gasteiger partial charge in [-0.15, -0.1) is 0 Å². The van der Waals surface area contributed by atoms with Gasteiger partial charge in [-0.1, -0.05) is 47.5 Å². The summed E-state index contributed by atoms with van der Waals surface area (Å²) in [5.74, 6) is 0.806. The highest BCUT2D eigenvalue weighted by atomic mass is 35.5. The zero-order chi connectivity index (χ0) is 22.8. The van der Waals surface area contributed by atoms with Gasteiger partial charge in [0.2, 0.25) is 0 Å². The van der Waals surface area contributed by atoms with E-state index in [1.807, 2.05) is 42.6 Å². The van der Waals surface area contributed by atoms with Gasteiger partial charge in [0.05, 0.1) is 27.4 Å². The minimum absolute atomic E-state index is 0.114. The van der Waals surface area contributed by atoms with Crippen molar-refractivity contribution >= 4 is 51.6 Å². The van der Waals surface area contributed by atoms with E-state index in [4.69, 9.17) is 23.2 Å². The lowest BCUT2D eigenvalue weighted by molar-refractivity contribution is 0.192. The van der Waals surface area contributed by atoms with Crippen LogP contribution in [0, 0.1) is 0 Å². The monoisotopic (exact) mass is 477 g/mol. The van der Waals surface area contributed by atoms with E-state index in [0.717, 1.165) is 39.1 Å².